The third kappa shape index (κ3) is 2.79. The van der Waals surface area contributed by atoms with Gasteiger partial charge in [-0.3, -0.25) is 14.5 Å². The van der Waals surface area contributed by atoms with E-state index in [2.05, 4.69) is 4.90 Å². The first-order valence-corrected chi connectivity index (χ1v) is 6.24. The molecule has 1 fully saturated rings. The third-order valence-corrected chi connectivity index (χ3v) is 3.59. The second-order valence-electron chi connectivity index (χ2n) is 4.88. The molecule has 0 radical (unpaired) electrons. The number of ketones is 1. The first-order chi connectivity index (χ1) is 8.58. The molecule has 18 heavy (non-hydrogen) atoms. The minimum absolute atomic E-state index is 0.0219. The van der Waals surface area contributed by atoms with Crippen molar-refractivity contribution in [2.24, 2.45) is 18.7 Å². The van der Waals surface area contributed by atoms with Gasteiger partial charge in [-0.05, 0) is 38.1 Å². The van der Waals surface area contributed by atoms with E-state index in [1.165, 1.54) is 0 Å². The number of hydrogen-bond donors (Lipinski definition) is 1. The summed E-state index contributed by atoms with van der Waals surface area (Å²) in [5.74, 6) is -0.116. The van der Waals surface area contributed by atoms with Crippen LogP contribution in [-0.4, -0.2) is 40.8 Å². The van der Waals surface area contributed by atoms with Crippen LogP contribution >= 0.6 is 0 Å². The van der Waals surface area contributed by atoms with E-state index < -0.39 is 0 Å². The largest absolute Gasteiger partial charge is 0.369 e. The third-order valence-electron chi connectivity index (χ3n) is 3.59. The molecule has 1 saturated heterocycles. The summed E-state index contributed by atoms with van der Waals surface area (Å²) in [6, 6.07) is 3.70. The average molecular weight is 249 g/mol. The van der Waals surface area contributed by atoms with Crippen molar-refractivity contribution in [3.8, 4) is 0 Å². The van der Waals surface area contributed by atoms with Gasteiger partial charge in [0, 0.05) is 19.2 Å². The fourth-order valence-electron chi connectivity index (χ4n) is 2.41. The molecule has 98 valence electrons. The quantitative estimate of drug-likeness (QED) is 0.786. The number of carbonyl (C=O) groups excluding carboxylic acids is 2. The molecular weight excluding hydrogens is 230 g/mol. The van der Waals surface area contributed by atoms with E-state index in [1.807, 2.05) is 29.9 Å². The fraction of sp³-hybridized carbons (Fsp3) is 0.538. The Morgan fingerprint density at radius 1 is 1.39 bits per heavy atom. The highest BCUT2D eigenvalue weighted by Crippen LogP contribution is 2.16. The lowest BCUT2D eigenvalue weighted by Gasteiger charge is -2.29. The van der Waals surface area contributed by atoms with Gasteiger partial charge in [0.15, 0.2) is 5.78 Å². The maximum absolute atomic E-state index is 12.1. The summed E-state index contributed by atoms with van der Waals surface area (Å²) in [6.07, 6.45) is 3.39. The molecule has 2 N–H and O–H groups in total. The zero-order chi connectivity index (χ0) is 13.1. The zero-order valence-electron chi connectivity index (χ0n) is 10.6. The van der Waals surface area contributed by atoms with Gasteiger partial charge in [0.25, 0.3) is 0 Å². The number of nitrogens with zero attached hydrogens (tertiary/aromatic N) is 2. The van der Waals surface area contributed by atoms with Gasteiger partial charge in [-0.2, -0.15) is 0 Å². The molecule has 1 aliphatic rings. The molecule has 0 saturated carbocycles. The maximum atomic E-state index is 12.1. The van der Waals surface area contributed by atoms with Crippen molar-refractivity contribution >= 4 is 11.7 Å². The summed E-state index contributed by atoms with van der Waals surface area (Å²) in [4.78, 5) is 25.2. The molecule has 5 nitrogen and oxygen atoms in total. The number of carbonyl (C=O) groups is 2. The van der Waals surface area contributed by atoms with Crippen molar-refractivity contribution in [3.63, 3.8) is 0 Å². The predicted molar refractivity (Wildman–Crippen MR) is 68.1 cm³/mol. The van der Waals surface area contributed by atoms with Crippen molar-refractivity contribution in [2.45, 2.75) is 12.8 Å². The minimum atomic E-state index is -0.219. The number of aromatic nitrogens is 1. The van der Waals surface area contributed by atoms with E-state index in [-0.39, 0.29) is 17.6 Å². The predicted octanol–water partition coefficient (Wildman–Crippen LogP) is 0.405. The molecule has 0 bridgehead atoms. The zero-order valence-corrected chi connectivity index (χ0v) is 10.6. The van der Waals surface area contributed by atoms with Crippen LogP contribution < -0.4 is 5.73 Å². The molecule has 1 aromatic heterocycles. The number of likely N-dealkylation sites (tertiary alicyclic amines) is 1. The molecule has 1 amide bonds. The molecule has 1 aromatic rings. The molecule has 2 heterocycles. The molecule has 0 unspecified atom stereocenters. The van der Waals surface area contributed by atoms with Crippen LogP contribution in [-0.2, 0) is 11.8 Å². The molecule has 0 aliphatic carbocycles. The lowest BCUT2D eigenvalue weighted by molar-refractivity contribution is -0.123. The van der Waals surface area contributed by atoms with Crippen molar-refractivity contribution in [1.82, 2.24) is 9.47 Å². The summed E-state index contributed by atoms with van der Waals surface area (Å²) >= 11 is 0. The van der Waals surface area contributed by atoms with E-state index in [0.29, 0.717) is 6.54 Å². The second-order valence-corrected chi connectivity index (χ2v) is 4.88. The van der Waals surface area contributed by atoms with Crippen molar-refractivity contribution in [3.05, 3.63) is 24.0 Å². The van der Waals surface area contributed by atoms with Crippen LogP contribution in [0.2, 0.25) is 0 Å². The lowest BCUT2D eigenvalue weighted by Crippen LogP contribution is -2.41. The van der Waals surface area contributed by atoms with E-state index >= 15 is 0 Å². The Kier molecular flexibility index (Phi) is 3.81. The number of rotatable bonds is 4. The van der Waals surface area contributed by atoms with Crippen molar-refractivity contribution in [1.29, 1.82) is 0 Å². The van der Waals surface area contributed by atoms with E-state index in [1.54, 1.807) is 0 Å². The average Bonchev–Trinajstić information content (AvgIpc) is 2.76. The molecule has 5 heteroatoms. The summed E-state index contributed by atoms with van der Waals surface area (Å²) in [5, 5.41) is 0. The Bertz CT molecular complexity index is 445. The highest BCUT2D eigenvalue weighted by molar-refractivity contribution is 5.96. The maximum Gasteiger partial charge on any atom is 0.220 e. The van der Waals surface area contributed by atoms with Gasteiger partial charge in [-0.15, -0.1) is 0 Å². The van der Waals surface area contributed by atoms with Crippen LogP contribution in [0.5, 0.6) is 0 Å². The summed E-state index contributed by atoms with van der Waals surface area (Å²) in [5.41, 5.74) is 6.01. The molecule has 0 spiro atoms. The number of amides is 1. The smallest absolute Gasteiger partial charge is 0.220 e. The molecule has 0 atom stereocenters. The topological polar surface area (TPSA) is 68.3 Å². The molecular formula is C13H19N3O2. The van der Waals surface area contributed by atoms with Crippen LogP contribution in [0.3, 0.4) is 0 Å². The van der Waals surface area contributed by atoms with Gasteiger partial charge in [0.2, 0.25) is 5.91 Å². The van der Waals surface area contributed by atoms with Gasteiger partial charge in [-0.25, -0.2) is 0 Å². The second kappa shape index (κ2) is 5.35. The van der Waals surface area contributed by atoms with Crippen LogP contribution in [0.25, 0.3) is 0 Å². The lowest BCUT2D eigenvalue weighted by atomic mass is 9.96. The first-order valence-electron chi connectivity index (χ1n) is 6.24. The number of aryl methyl sites for hydroxylation is 1. The van der Waals surface area contributed by atoms with Gasteiger partial charge in [0.1, 0.15) is 0 Å². The number of nitrogens with two attached hydrogens (primary N) is 1. The van der Waals surface area contributed by atoms with Gasteiger partial charge in [-0.1, -0.05) is 0 Å². The number of Topliss-reactive ketones (excluding diaryl/α,β-unsaturated/α-hetero) is 1. The minimum Gasteiger partial charge on any atom is -0.369 e. The molecule has 0 aromatic carbocycles. The Labute approximate surface area is 107 Å². The monoisotopic (exact) mass is 249 g/mol. The van der Waals surface area contributed by atoms with E-state index in [0.717, 1.165) is 31.6 Å². The summed E-state index contributed by atoms with van der Waals surface area (Å²) in [7, 11) is 1.87. The van der Waals surface area contributed by atoms with Crippen LogP contribution in [0.4, 0.5) is 0 Å². The van der Waals surface area contributed by atoms with Crippen molar-refractivity contribution in [2.75, 3.05) is 19.6 Å². The van der Waals surface area contributed by atoms with E-state index in [4.69, 9.17) is 5.73 Å². The van der Waals surface area contributed by atoms with Crippen LogP contribution in [0.1, 0.15) is 23.3 Å². The van der Waals surface area contributed by atoms with Gasteiger partial charge >= 0.3 is 0 Å². The molecule has 1 aliphatic heterocycles. The van der Waals surface area contributed by atoms with Crippen molar-refractivity contribution < 1.29 is 9.59 Å². The summed E-state index contributed by atoms with van der Waals surface area (Å²) in [6.45, 7) is 1.96. The highest BCUT2D eigenvalue weighted by atomic mass is 16.1. The Balaban J connectivity index is 1.87. The van der Waals surface area contributed by atoms with Crippen LogP contribution in [0.15, 0.2) is 18.3 Å². The fourth-order valence-corrected chi connectivity index (χ4v) is 2.41. The number of hydrogen-bond acceptors (Lipinski definition) is 3. The highest BCUT2D eigenvalue weighted by Gasteiger charge is 2.24. The first kappa shape index (κ1) is 12.8. The van der Waals surface area contributed by atoms with Gasteiger partial charge < -0.3 is 10.3 Å². The SMILES string of the molecule is Cn1cccc1C(=O)CN1CCC(C(N)=O)CC1. The molecule has 2 rings (SSSR count). The normalized spacial score (nSPS) is 17.8. The Hall–Kier alpha value is -1.62. The number of piperidine rings is 1. The van der Waals surface area contributed by atoms with Gasteiger partial charge in [0.05, 0.1) is 12.2 Å². The van der Waals surface area contributed by atoms with Crippen LogP contribution in [0, 0.1) is 5.92 Å². The summed E-state index contributed by atoms with van der Waals surface area (Å²) < 4.78 is 1.83. The van der Waals surface area contributed by atoms with E-state index in [9.17, 15) is 9.59 Å². The standard InChI is InChI=1S/C13H19N3O2/c1-15-6-2-3-11(15)12(17)9-16-7-4-10(5-8-16)13(14)18/h2-3,6,10H,4-5,7-9H2,1H3,(H2,14,18). The number of primary amides is 1. The Morgan fingerprint density at radius 3 is 2.56 bits per heavy atom. The Morgan fingerprint density at radius 2 is 2.06 bits per heavy atom.